The number of hydrogen-bond acceptors (Lipinski definition) is 5. The average Bonchev–Trinajstić information content (AvgIpc) is 2.97. The molecule has 0 amide bonds. The van der Waals surface area contributed by atoms with Crippen LogP contribution in [0.4, 0.5) is 0 Å². The maximum absolute atomic E-state index is 11.7. The van der Waals surface area contributed by atoms with E-state index in [0.29, 0.717) is 0 Å². The Morgan fingerprint density at radius 1 is 1.15 bits per heavy atom. The molecule has 1 heterocycles. The lowest BCUT2D eigenvalue weighted by molar-refractivity contribution is -0.140. The minimum Gasteiger partial charge on any atom is -0.497 e. The minimum atomic E-state index is -0.253. The van der Waals surface area contributed by atoms with E-state index in [9.17, 15) is 4.79 Å². The van der Waals surface area contributed by atoms with E-state index in [0.717, 1.165) is 21.1 Å². The highest BCUT2D eigenvalue weighted by molar-refractivity contribution is 7.99. The minimum absolute atomic E-state index is 0.208. The molecule has 0 aliphatic heterocycles. The fourth-order valence-corrected chi connectivity index (χ4v) is 3.86. The van der Waals surface area contributed by atoms with E-state index in [1.165, 1.54) is 18.9 Å². The molecule has 0 spiro atoms. The predicted octanol–water partition coefficient (Wildman–Crippen LogP) is 4.00. The molecule has 5 heteroatoms. The fraction of sp³-hybridized carbons (Fsp3) is 0.267. The third-order valence-electron chi connectivity index (χ3n) is 2.91. The first-order valence-electron chi connectivity index (χ1n) is 6.04. The first-order valence-corrected chi connectivity index (χ1v) is 8.14. The zero-order valence-electron chi connectivity index (χ0n) is 11.6. The molecule has 1 aromatic heterocycles. The second-order valence-corrected chi connectivity index (χ2v) is 6.13. The van der Waals surface area contributed by atoms with Crippen LogP contribution in [0.25, 0.3) is 10.4 Å². The van der Waals surface area contributed by atoms with Crippen molar-refractivity contribution in [3.05, 3.63) is 41.3 Å². The number of methoxy groups -OCH3 is 2. The number of carbonyl (C=O) groups is 1. The molecule has 3 nitrogen and oxygen atoms in total. The summed E-state index contributed by atoms with van der Waals surface area (Å²) in [6.07, 6.45) is 1.91. The Balaban J connectivity index is 2.25. The van der Waals surface area contributed by atoms with Crippen molar-refractivity contribution < 1.29 is 14.3 Å². The van der Waals surface area contributed by atoms with Crippen molar-refractivity contribution in [2.24, 2.45) is 0 Å². The molecular formula is C15H16O3S2. The van der Waals surface area contributed by atoms with Crippen LogP contribution in [0.5, 0.6) is 5.75 Å². The van der Waals surface area contributed by atoms with Gasteiger partial charge in [0.1, 0.15) is 11.0 Å². The van der Waals surface area contributed by atoms with E-state index in [2.05, 4.69) is 0 Å². The molecule has 0 radical (unpaired) electrons. The van der Waals surface area contributed by atoms with E-state index in [4.69, 9.17) is 9.47 Å². The molecule has 0 saturated heterocycles. The standard InChI is InChI=1S/C15H16O3S2/c1-17-11-6-4-10(5-7-11)12-8-9-13(20-12)14(19-3)15(16)18-2/h4-9,14H,1-3H3. The molecule has 0 bridgehead atoms. The second-order valence-electron chi connectivity index (χ2n) is 4.07. The van der Waals surface area contributed by atoms with E-state index in [1.807, 2.05) is 42.7 Å². The number of rotatable bonds is 5. The lowest BCUT2D eigenvalue weighted by Crippen LogP contribution is -2.09. The van der Waals surface area contributed by atoms with Gasteiger partial charge in [0.2, 0.25) is 0 Å². The van der Waals surface area contributed by atoms with Crippen molar-refractivity contribution in [1.82, 2.24) is 0 Å². The van der Waals surface area contributed by atoms with Gasteiger partial charge in [0.25, 0.3) is 0 Å². The van der Waals surface area contributed by atoms with Gasteiger partial charge >= 0.3 is 5.97 Å². The molecule has 20 heavy (non-hydrogen) atoms. The predicted molar refractivity (Wildman–Crippen MR) is 84.6 cm³/mol. The number of thioether (sulfide) groups is 1. The largest absolute Gasteiger partial charge is 0.497 e. The number of carbonyl (C=O) groups excluding carboxylic acids is 1. The van der Waals surface area contributed by atoms with Crippen LogP contribution in [0.2, 0.25) is 0 Å². The summed E-state index contributed by atoms with van der Waals surface area (Å²) in [6, 6.07) is 11.9. The van der Waals surface area contributed by atoms with Gasteiger partial charge in [0.15, 0.2) is 0 Å². The molecular weight excluding hydrogens is 292 g/mol. The van der Waals surface area contributed by atoms with Gasteiger partial charge < -0.3 is 9.47 Å². The van der Waals surface area contributed by atoms with Crippen LogP contribution in [0.3, 0.4) is 0 Å². The van der Waals surface area contributed by atoms with Gasteiger partial charge in [-0.25, -0.2) is 0 Å². The molecule has 0 aliphatic carbocycles. The van der Waals surface area contributed by atoms with E-state index >= 15 is 0 Å². The summed E-state index contributed by atoms with van der Waals surface area (Å²) in [7, 11) is 3.07. The third-order valence-corrected chi connectivity index (χ3v) is 5.18. The lowest BCUT2D eigenvalue weighted by atomic mass is 10.2. The van der Waals surface area contributed by atoms with Crippen LogP contribution < -0.4 is 4.74 Å². The normalized spacial score (nSPS) is 11.9. The maximum Gasteiger partial charge on any atom is 0.324 e. The van der Waals surface area contributed by atoms with Crippen LogP contribution in [-0.4, -0.2) is 26.4 Å². The smallest absolute Gasteiger partial charge is 0.324 e. The Hall–Kier alpha value is -1.46. The van der Waals surface area contributed by atoms with Crippen molar-refractivity contribution in [3.8, 4) is 16.2 Å². The summed E-state index contributed by atoms with van der Waals surface area (Å²) >= 11 is 3.10. The van der Waals surface area contributed by atoms with Crippen molar-refractivity contribution in [3.63, 3.8) is 0 Å². The van der Waals surface area contributed by atoms with Crippen LogP contribution in [0.15, 0.2) is 36.4 Å². The Bertz CT molecular complexity index is 575. The summed E-state index contributed by atoms with van der Waals surface area (Å²) in [5.74, 6) is 0.628. The molecule has 106 valence electrons. The molecule has 0 saturated carbocycles. The Morgan fingerprint density at radius 3 is 2.40 bits per heavy atom. The van der Waals surface area contributed by atoms with E-state index in [1.54, 1.807) is 18.4 Å². The lowest BCUT2D eigenvalue weighted by Gasteiger charge is -2.09. The average molecular weight is 308 g/mol. The molecule has 2 rings (SSSR count). The van der Waals surface area contributed by atoms with E-state index < -0.39 is 0 Å². The van der Waals surface area contributed by atoms with Gasteiger partial charge in [-0.2, -0.15) is 0 Å². The quantitative estimate of drug-likeness (QED) is 0.782. The zero-order chi connectivity index (χ0) is 14.5. The molecule has 2 aromatic rings. The SMILES string of the molecule is COC(=O)C(SC)c1ccc(-c2ccc(OC)cc2)s1. The van der Waals surface area contributed by atoms with Crippen molar-refractivity contribution in [1.29, 1.82) is 0 Å². The Kier molecular flexibility index (Phi) is 5.09. The fourth-order valence-electron chi connectivity index (χ4n) is 1.84. The first kappa shape index (κ1) is 14.9. The highest BCUT2D eigenvalue weighted by Gasteiger charge is 2.22. The van der Waals surface area contributed by atoms with Crippen molar-refractivity contribution in [2.75, 3.05) is 20.5 Å². The van der Waals surface area contributed by atoms with Crippen LogP contribution in [-0.2, 0) is 9.53 Å². The van der Waals surface area contributed by atoms with Gasteiger partial charge in [-0.15, -0.1) is 23.1 Å². The molecule has 1 aromatic carbocycles. The van der Waals surface area contributed by atoms with Gasteiger partial charge in [-0.3, -0.25) is 4.79 Å². The molecule has 0 aliphatic rings. The van der Waals surface area contributed by atoms with Crippen molar-refractivity contribution in [2.45, 2.75) is 5.25 Å². The second kappa shape index (κ2) is 6.81. The summed E-state index contributed by atoms with van der Waals surface area (Å²) in [5.41, 5.74) is 1.12. The number of esters is 1. The van der Waals surface area contributed by atoms with Crippen LogP contribution in [0, 0.1) is 0 Å². The van der Waals surface area contributed by atoms with Crippen molar-refractivity contribution >= 4 is 29.1 Å². The Morgan fingerprint density at radius 2 is 1.85 bits per heavy atom. The van der Waals surface area contributed by atoms with Gasteiger partial charge in [-0.1, -0.05) is 0 Å². The highest BCUT2D eigenvalue weighted by atomic mass is 32.2. The zero-order valence-corrected chi connectivity index (χ0v) is 13.2. The maximum atomic E-state index is 11.7. The molecule has 1 unspecified atom stereocenters. The Labute approximate surface area is 126 Å². The monoisotopic (exact) mass is 308 g/mol. The first-order chi connectivity index (χ1) is 9.69. The number of benzene rings is 1. The number of ether oxygens (including phenoxy) is 2. The third kappa shape index (κ3) is 3.16. The van der Waals surface area contributed by atoms with Gasteiger partial charge in [0, 0.05) is 9.75 Å². The summed E-state index contributed by atoms with van der Waals surface area (Å²) < 4.78 is 9.98. The summed E-state index contributed by atoms with van der Waals surface area (Å²) in [4.78, 5) is 13.9. The molecule has 1 atom stereocenters. The van der Waals surface area contributed by atoms with Gasteiger partial charge in [0.05, 0.1) is 14.2 Å². The van der Waals surface area contributed by atoms with Gasteiger partial charge in [-0.05, 0) is 48.2 Å². The number of thiophene rings is 1. The number of hydrogen-bond donors (Lipinski definition) is 0. The molecule has 0 fully saturated rings. The topological polar surface area (TPSA) is 35.5 Å². The van der Waals surface area contributed by atoms with Crippen LogP contribution in [0.1, 0.15) is 10.1 Å². The summed E-state index contributed by atoms with van der Waals surface area (Å²) in [6.45, 7) is 0. The van der Waals surface area contributed by atoms with Crippen LogP contribution >= 0.6 is 23.1 Å². The summed E-state index contributed by atoms with van der Waals surface area (Å²) in [5, 5.41) is -0.253. The molecule has 0 N–H and O–H groups in total. The highest BCUT2D eigenvalue weighted by Crippen LogP contribution is 2.37. The van der Waals surface area contributed by atoms with E-state index in [-0.39, 0.29) is 11.2 Å².